The molecule has 0 aliphatic rings. The van der Waals surface area contributed by atoms with Crippen LogP contribution < -0.4 is 5.32 Å². The standard InChI is InChI=1S/C15H10Cl2N2OS/c16-10-5-3-6-11-12(10)13(17)14(21-11)15(20)19-8-9-4-1-2-7-18-9/h1-7H,8H2,(H,19,20). The molecule has 3 nitrogen and oxygen atoms in total. The number of nitrogens with zero attached hydrogens (tertiary/aromatic N) is 1. The van der Waals surface area contributed by atoms with Gasteiger partial charge < -0.3 is 5.32 Å². The first kappa shape index (κ1) is 14.3. The summed E-state index contributed by atoms with van der Waals surface area (Å²) in [6.45, 7) is 0.359. The molecule has 1 amide bonds. The van der Waals surface area contributed by atoms with Crippen LogP contribution in [0.25, 0.3) is 10.1 Å². The number of carbonyl (C=O) groups excluding carboxylic acids is 1. The van der Waals surface area contributed by atoms with E-state index in [2.05, 4.69) is 10.3 Å². The van der Waals surface area contributed by atoms with Crippen LogP contribution in [0.15, 0.2) is 42.6 Å². The van der Waals surface area contributed by atoms with Gasteiger partial charge in [-0.05, 0) is 24.3 Å². The zero-order valence-electron chi connectivity index (χ0n) is 10.8. The monoisotopic (exact) mass is 336 g/mol. The van der Waals surface area contributed by atoms with Crippen LogP contribution in [0.3, 0.4) is 0 Å². The molecule has 0 fully saturated rings. The average Bonchev–Trinajstić information content (AvgIpc) is 2.84. The Labute approximate surface area is 135 Å². The second kappa shape index (κ2) is 6.02. The molecule has 1 N–H and O–H groups in total. The molecule has 0 spiro atoms. The van der Waals surface area contributed by atoms with Crippen LogP contribution in [0.4, 0.5) is 0 Å². The fourth-order valence-corrected chi connectivity index (χ4v) is 3.84. The van der Waals surface area contributed by atoms with E-state index < -0.39 is 0 Å². The highest BCUT2D eigenvalue weighted by atomic mass is 35.5. The number of hydrogen-bond donors (Lipinski definition) is 1. The zero-order valence-corrected chi connectivity index (χ0v) is 13.1. The minimum atomic E-state index is -0.220. The lowest BCUT2D eigenvalue weighted by Crippen LogP contribution is -2.22. The number of amides is 1. The van der Waals surface area contributed by atoms with Crippen molar-refractivity contribution in [1.29, 1.82) is 0 Å². The van der Waals surface area contributed by atoms with Crippen LogP contribution in [0.5, 0.6) is 0 Å². The largest absolute Gasteiger partial charge is 0.346 e. The van der Waals surface area contributed by atoms with Gasteiger partial charge in [-0.25, -0.2) is 0 Å². The molecule has 0 saturated carbocycles. The predicted octanol–water partition coefficient (Wildman–Crippen LogP) is 4.53. The van der Waals surface area contributed by atoms with Gasteiger partial charge in [-0.1, -0.05) is 35.3 Å². The number of hydrogen-bond acceptors (Lipinski definition) is 3. The molecule has 0 radical (unpaired) electrons. The summed E-state index contributed by atoms with van der Waals surface area (Å²) >= 11 is 13.8. The number of rotatable bonds is 3. The average molecular weight is 337 g/mol. The minimum absolute atomic E-state index is 0.220. The Bertz CT molecular complexity index is 802. The minimum Gasteiger partial charge on any atom is -0.346 e. The molecule has 0 aliphatic carbocycles. The molecule has 0 bridgehead atoms. The number of thiophene rings is 1. The summed E-state index contributed by atoms with van der Waals surface area (Å²) < 4.78 is 0.899. The first-order valence-corrected chi connectivity index (χ1v) is 7.78. The normalized spacial score (nSPS) is 10.8. The van der Waals surface area contributed by atoms with Gasteiger partial charge in [-0.15, -0.1) is 11.3 Å². The predicted molar refractivity (Wildman–Crippen MR) is 87.3 cm³/mol. The van der Waals surface area contributed by atoms with E-state index in [9.17, 15) is 4.79 Å². The molecule has 6 heteroatoms. The van der Waals surface area contributed by atoms with Crippen molar-refractivity contribution in [2.24, 2.45) is 0 Å². The lowest BCUT2D eigenvalue weighted by atomic mass is 10.2. The van der Waals surface area contributed by atoms with Crippen molar-refractivity contribution in [3.05, 3.63) is 63.2 Å². The number of carbonyl (C=O) groups is 1. The Hall–Kier alpha value is -1.62. The highest BCUT2D eigenvalue weighted by Crippen LogP contribution is 2.39. The smallest absolute Gasteiger partial charge is 0.263 e. The van der Waals surface area contributed by atoms with Gasteiger partial charge in [-0.2, -0.15) is 0 Å². The topological polar surface area (TPSA) is 42.0 Å². The van der Waals surface area contributed by atoms with Crippen molar-refractivity contribution in [2.75, 3.05) is 0 Å². The van der Waals surface area contributed by atoms with E-state index in [0.29, 0.717) is 21.5 Å². The summed E-state index contributed by atoms with van der Waals surface area (Å²) in [5.74, 6) is -0.220. The summed E-state index contributed by atoms with van der Waals surface area (Å²) in [6.07, 6.45) is 1.69. The van der Waals surface area contributed by atoms with E-state index in [0.717, 1.165) is 15.8 Å². The number of pyridine rings is 1. The fraction of sp³-hybridized carbons (Fsp3) is 0.0667. The third-order valence-electron chi connectivity index (χ3n) is 2.97. The zero-order chi connectivity index (χ0) is 14.8. The molecule has 1 aromatic carbocycles. The van der Waals surface area contributed by atoms with Crippen LogP contribution >= 0.6 is 34.5 Å². The highest BCUT2D eigenvalue weighted by molar-refractivity contribution is 7.21. The van der Waals surface area contributed by atoms with Gasteiger partial charge in [-0.3, -0.25) is 9.78 Å². The Morgan fingerprint density at radius 3 is 2.76 bits per heavy atom. The van der Waals surface area contributed by atoms with Gasteiger partial charge in [0.25, 0.3) is 5.91 Å². The van der Waals surface area contributed by atoms with Gasteiger partial charge in [0.05, 0.1) is 22.3 Å². The molecule has 0 unspecified atom stereocenters. The third-order valence-corrected chi connectivity index (χ3v) is 4.93. The maximum atomic E-state index is 12.3. The van der Waals surface area contributed by atoms with Crippen molar-refractivity contribution in [2.45, 2.75) is 6.54 Å². The number of halogens is 2. The first-order valence-electron chi connectivity index (χ1n) is 6.21. The number of benzene rings is 1. The lowest BCUT2D eigenvalue weighted by molar-refractivity contribution is 0.0954. The molecule has 3 rings (SSSR count). The molecule has 2 aromatic heterocycles. The molecule has 106 valence electrons. The van der Waals surface area contributed by atoms with E-state index in [1.165, 1.54) is 11.3 Å². The van der Waals surface area contributed by atoms with Crippen LogP contribution in [0, 0.1) is 0 Å². The number of aromatic nitrogens is 1. The van der Waals surface area contributed by atoms with Crippen LogP contribution in [-0.2, 0) is 6.54 Å². The summed E-state index contributed by atoms with van der Waals surface area (Å²) in [6, 6.07) is 11.1. The van der Waals surface area contributed by atoms with Crippen molar-refractivity contribution in [1.82, 2.24) is 10.3 Å². The molecule has 21 heavy (non-hydrogen) atoms. The third kappa shape index (κ3) is 2.88. The second-order valence-electron chi connectivity index (χ2n) is 4.36. The molecule has 3 aromatic rings. The van der Waals surface area contributed by atoms with Crippen molar-refractivity contribution >= 4 is 50.5 Å². The number of nitrogens with one attached hydrogen (secondary N) is 1. The van der Waals surface area contributed by atoms with E-state index in [1.54, 1.807) is 12.3 Å². The SMILES string of the molecule is O=C(NCc1ccccn1)c1sc2cccc(Cl)c2c1Cl. The Balaban J connectivity index is 1.85. The van der Waals surface area contributed by atoms with Crippen LogP contribution in [0.1, 0.15) is 15.4 Å². The first-order chi connectivity index (χ1) is 10.2. The van der Waals surface area contributed by atoms with Crippen LogP contribution in [-0.4, -0.2) is 10.9 Å². The maximum Gasteiger partial charge on any atom is 0.263 e. The number of fused-ring (bicyclic) bond motifs is 1. The summed E-state index contributed by atoms with van der Waals surface area (Å²) in [7, 11) is 0. The Morgan fingerprint density at radius 2 is 2.05 bits per heavy atom. The van der Waals surface area contributed by atoms with Gasteiger partial charge in [0, 0.05) is 16.3 Å². The molecule has 2 heterocycles. The maximum absolute atomic E-state index is 12.3. The fourth-order valence-electron chi connectivity index (χ4n) is 1.97. The summed E-state index contributed by atoms with van der Waals surface area (Å²) in [5, 5.41) is 4.50. The lowest BCUT2D eigenvalue weighted by Gasteiger charge is -2.03. The van der Waals surface area contributed by atoms with Crippen LogP contribution in [0.2, 0.25) is 10.0 Å². The summed E-state index contributed by atoms with van der Waals surface area (Å²) in [4.78, 5) is 16.9. The van der Waals surface area contributed by atoms with E-state index in [4.69, 9.17) is 23.2 Å². The molecule has 0 atom stereocenters. The van der Waals surface area contributed by atoms with Gasteiger partial charge in [0.2, 0.25) is 0 Å². The van der Waals surface area contributed by atoms with Gasteiger partial charge in [0.15, 0.2) is 0 Å². The molecule has 0 saturated heterocycles. The quantitative estimate of drug-likeness (QED) is 0.763. The molecular weight excluding hydrogens is 327 g/mol. The van der Waals surface area contributed by atoms with E-state index in [1.807, 2.05) is 30.3 Å². The Morgan fingerprint density at radius 1 is 1.19 bits per heavy atom. The summed E-state index contributed by atoms with van der Waals surface area (Å²) in [5.41, 5.74) is 0.793. The second-order valence-corrected chi connectivity index (χ2v) is 6.20. The molecule has 0 aliphatic heterocycles. The van der Waals surface area contributed by atoms with Gasteiger partial charge >= 0.3 is 0 Å². The Kier molecular flexibility index (Phi) is 4.10. The van der Waals surface area contributed by atoms with E-state index in [-0.39, 0.29) is 5.91 Å². The van der Waals surface area contributed by atoms with Crippen molar-refractivity contribution in [3.8, 4) is 0 Å². The highest BCUT2D eigenvalue weighted by Gasteiger charge is 2.18. The van der Waals surface area contributed by atoms with E-state index >= 15 is 0 Å². The molecular formula is C15H10Cl2N2OS. The van der Waals surface area contributed by atoms with Crippen molar-refractivity contribution < 1.29 is 4.79 Å². The van der Waals surface area contributed by atoms with Gasteiger partial charge in [0.1, 0.15) is 4.88 Å². The van der Waals surface area contributed by atoms with Crippen molar-refractivity contribution in [3.63, 3.8) is 0 Å².